The summed E-state index contributed by atoms with van der Waals surface area (Å²) in [4.78, 5) is 3.98. The number of piperidine rings is 1. The van der Waals surface area contributed by atoms with Crippen LogP contribution in [0.2, 0.25) is 0 Å². The summed E-state index contributed by atoms with van der Waals surface area (Å²) in [6.45, 7) is 1.88. The lowest BCUT2D eigenvalue weighted by Gasteiger charge is -2.21. The van der Waals surface area contributed by atoms with Gasteiger partial charge in [-0.15, -0.1) is 10.2 Å². The summed E-state index contributed by atoms with van der Waals surface area (Å²) in [7, 11) is 1.84. The van der Waals surface area contributed by atoms with Crippen molar-refractivity contribution in [3.63, 3.8) is 0 Å². The van der Waals surface area contributed by atoms with Gasteiger partial charge >= 0.3 is 6.18 Å². The van der Waals surface area contributed by atoms with E-state index in [1.165, 1.54) is 0 Å². The highest BCUT2D eigenvalue weighted by Crippen LogP contribution is 2.33. The Balaban J connectivity index is 1.80. The summed E-state index contributed by atoms with van der Waals surface area (Å²) in [5, 5.41) is 12.4. The van der Waals surface area contributed by atoms with Gasteiger partial charge in [0.2, 0.25) is 0 Å². The smallest absolute Gasteiger partial charge is 0.317 e. The van der Waals surface area contributed by atoms with E-state index in [0.29, 0.717) is 11.1 Å². The fourth-order valence-corrected chi connectivity index (χ4v) is 3.38. The van der Waals surface area contributed by atoms with Crippen LogP contribution in [0.3, 0.4) is 0 Å². The molecule has 2 aromatic heterocycles. The van der Waals surface area contributed by atoms with Crippen LogP contribution < -0.4 is 5.32 Å². The highest BCUT2D eigenvalue weighted by Gasteiger charge is 2.31. The maximum atomic E-state index is 12.8. The lowest BCUT2D eigenvalue weighted by atomic mass is 9.97. The van der Waals surface area contributed by atoms with Gasteiger partial charge in [-0.25, -0.2) is 4.98 Å². The first-order chi connectivity index (χ1) is 10.9. The molecule has 0 radical (unpaired) electrons. The number of pyridine rings is 1. The molecule has 3 rings (SSSR count). The number of nitrogens with zero attached hydrogens (tertiary/aromatic N) is 4. The van der Waals surface area contributed by atoms with E-state index in [1.54, 1.807) is 0 Å². The van der Waals surface area contributed by atoms with Crippen molar-refractivity contribution >= 4 is 11.8 Å². The zero-order valence-electron chi connectivity index (χ0n) is 12.5. The number of alkyl halides is 3. The first-order valence-electron chi connectivity index (χ1n) is 7.26. The Labute approximate surface area is 135 Å². The Morgan fingerprint density at radius 2 is 2.00 bits per heavy atom. The quantitative estimate of drug-likeness (QED) is 0.929. The van der Waals surface area contributed by atoms with Crippen LogP contribution in [0.25, 0.3) is 0 Å². The van der Waals surface area contributed by atoms with Crippen molar-refractivity contribution in [1.29, 1.82) is 0 Å². The van der Waals surface area contributed by atoms with Crippen molar-refractivity contribution in [2.24, 2.45) is 7.05 Å². The van der Waals surface area contributed by atoms with Gasteiger partial charge in [-0.05, 0) is 49.8 Å². The predicted octanol–water partition coefficient (Wildman–Crippen LogP) is 2.85. The van der Waals surface area contributed by atoms with Crippen LogP contribution in [0.5, 0.6) is 0 Å². The zero-order chi connectivity index (χ0) is 16.4. The molecule has 124 valence electrons. The molecule has 2 aromatic rings. The van der Waals surface area contributed by atoms with Crippen molar-refractivity contribution in [3.8, 4) is 0 Å². The van der Waals surface area contributed by atoms with Crippen LogP contribution in [0, 0.1) is 0 Å². The largest absolute Gasteiger partial charge is 0.416 e. The van der Waals surface area contributed by atoms with Crippen molar-refractivity contribution in [3.05, 3.63) is 29.7 Å². The van der Waals surface area contributed by atoms with Crippen molar-refractivity contribution in [2.45, 2.75) is 35.1 Å². The fourth-order valence-electron chi connectivity index (χ4n) is 2.59. The lowest BCUT2D eigenvalue weighted by molar-refractivity contribution is -0.137. The number of nitrogens with one attached hydrogen (secondary N) is 1. The fraction of sp³-hybridized carbons (Fsp3) is 0.500. The maximum Gasteiger partial charge on any atom is 0.416 e. The van der Waals surface area contributed by atoms with Gasteiger partial charge in [0.1, 0.15) is 10.9 Å². The average Bonchev–Trinajstić information content (AvgIpc) is 2.89. The Morgan fingerprint density at radius 3 is 2.70 bits per heavy atom. The molecule has 1 N–H and O–H groups in total. The Bertz CT molecular complexity index is 679. The third-order valence-corrected chi connectivity index (χ3v) is 4.80. The number of halogens is 3. The van der Waals surface area contributed by atoms with E-state index in [1.807, 2.05) is 11.6 Å². The van der Waals surface area contributed by atoms with Gasteiger partial charge in [0.05, 0.1) is 5.56 Å². The molecule has 0 saturated carbocycles. The van der Waals surface area contributed by atoms with Crippen LogP contribution in [0.1, 0.15) is 30.1 Å². The maximum absolute atomic E-state index is 12.8. The molecule has 0 atom stereocenters. The number of hydrogen-bond donors (Lipinski definition) is 1. The molecule has 1 saturated heterocycles. The number of rotatable bonds is 3. The molecular formula is C14H16F3N5S. The number of hydrogen-bond acceptors (Lipinski definition) is 5. The Kier molecular flexibility index (Phi) is 4.58. The van der Waals surface area contributed by atoms with E-state index in [4.69, 9.17) is 0 Å². The van der Waals surface area contributed by atoms with Crippen molar-refractivity contribution in [1.82, 2.24) is 25.1 Å². The van der Waals surface area contributed by atoms with Crippen LogP contribution in [-0.2, 0) is 13.2 Å². The molecule has 5 nitrogen and oxygen atoms in total. The highest BCUT2D eigenvalue weighted by atomic mass is 32.2. The molecular weight excluding hydrogens is 327 g/mol. The van der Waals surface area contributed by atoms with Gasteiger partial charge < -0.3 is 9.88 Å². The molecule has 1 fully saturated rings. The molecule has 0 unspecified atom stereocenters. The summed E-state index contributed by atoms with van der Waals surface area (Å²) < 4.78 is 40.1. The van der Waals surface area contributed by atoms with Gasteiger partial charge in [0, 0.05) is 19.2 Å². The van der Waals surface area contributed by atoms with E-state index in [0.717, 1.165) is 61.8 Å². The SMILES string of the molecule is Cn1c(Sc2cc(C(F)(F)F)ccn2)nnc1C1CCNCC1. The van der Waals surface area contributed by atoms with Crippen LogP contribution in [0.4, 0.5) is 13.2 Å². The minimum absolute atomic E-state index is 0.257. The highest BCUT2D eigenvalue weighted by molar-refractivity contribution is 7.99. The number of aromatic nitrogens is 4. The molecule has 0 aromatic carbocycles. The minimum atomic E-state index is -4.38. The van der Waals surface area contributed by atoms with E-state index < -0.39 is 11.7 Å². The third-order valence-electron chi connectivity index (χ3n) is 3.83. The molecule has 1 aliphatic rings. The Hall–Kier alpha value is -1.61. The molecule has 3 heterocycles. The van der Waals surface area contributed by atoms with Gasteiger partial charge in [-0.3, -0.25) is 0 Å². The minimum Gasteiger partial charge on any atom is -0.317 e. The molecule has 1 aliphatic heterocycles. The van der Waals surface area contributed by atoms with Crippen LogP contribution in [0.15, 0.2) is 28.5 Å². The molecule has 0 amide bonds. The van der Waals surface area contributed by atoms with Crippen LogP contribution >= 0.6 is 11.8 Å². The molecule has 0 spiro atoms. The van der Waals surface area contributed by atoms with Gasteiger partial charge in [0.15, 0.2) is 5.16 Å². The normalized spacial score (nSPS) is 16.7. The van der Waals surface area contributed by atoms with Crippen molar-refractivity contribution < 1.29 is 13.2 Å². The monoisotopic (exact) mass is 343 g/mol. The van der Waals surface area contributed by atoms with Gasteiger partial charge in [-0.2, -0.15) is 13.2 Å². The topological polar surface area (TPSA) is 55.6 Å². The molecule has 9 heteroatoms. The zero-order valence-corrected chi connectivity index (χ0v) is 13.3. The summed E-state index contributed by atoms with van der Waals surface area (Å²) in [6.07, 6.45) is -1.25. The second-order valence-electron chi connectivity index (χ2n) is 5.41. The standard InChI is InChI=1S/C14H16F3N5S/c1-22-12(9-2-5-18-6-3-9)20-21-13(22)23-11-8-10(4-7-19-11)14(15,16)17/h4,7-9,18H,2-3,5-6H2,1H3. The van der Waals surface area contributed by atoms with Crippen molar-refractivity contribution in [2.75, 3.05) is 13.1 Å². The van der Waals surface area contributed by atoms with Crippen LogP contribution in [-0.4, -0.2) is 32.8 Å². The summed E-state index contributed by atoms with van der Waals surface area (Å²) in [5.41, 5.74) is -0.712. The second-order valence-corrected chi connectivity index (χ2v) is 6.39. The average molecular weight is 343 g/mol. The van der Waals surface area contributed by atoms with E-state index in [9.17, 15) is 13.2 Å². The molecule has 0 bridgehead atoms. The Morgan fingerprint density at radius 1 is 1.26 bits per heavy atom. The lowest BCUT2D eigenvalue weighted by Crippen LogP contribution is -2.27. The summed E-state index contributed by atoms with van der Waals surface area (Å²) >= 11 is 1.09. The van der Waals surface area contributed by atoms with E-state index in [-0.39, 0.29) is 5.03 Å². The molecule has 0 aliphatic carbocycles. The predicted molar refractivity (Wildman–Crippen MR) is 79.2 cm³/mol. The molecule has 23 heavy (non-hydrogen) atoms. The second kappa shape index (κ2) is 6.48. The first kappa shape index (κ1) is 16.3. The summed E-state index contributed by atoms with van der Waals surface area (Å²) in [5.74, 6) is 1.21. The van der Waals surface area contributed by atoms with Gasteiger partial charge in [-0.1, -0.05) is 0 Å². The summed E-state index contributed by atoms with van der Waals surface area (Å²) in [6, 6.07) is 1.99. The van der Waals surface area contributed by atoms with E-state index in [2.05, 4.69) is 20.5 Å². The van der Waals surface area contributed by atoms with E-state index >= 15 is 0 Å². The van der Waals surface area contributed by atoms with Gasteiger partial charge in [0.25, 0.3) is 0 Å². The first-order valence-corrected chi connectivity index (χ1v) is 8.08. The third kappa shape index (κ3) is 3.66.